The first-order valence-electron chi connectivity index (χ1n) is 14.8. The van der Waals surface area contributed by atoms with Crippen molar-refractivity contribution in [3.8, 4) is 22.8 Å². The highest BCUT2D eigenvalue weighted by Crippen LogP contribution is 2.46. The Hall–Kier alpha value is -4.32. The molecule has 1 aliphatic heterocycles. The van der Waals surface area contributed by atoms with Crippen molar-refractivity contribution in [3.63, 3.8) is 0 Å². The summed E-state index contributed by atoms with van der Waals surface area (Å²) in [4.78, 5) is 24.4. The summed E-state index contributed by atoms with van der Waals surface area (Å²) >= 11 is 1.61. The largest absolute Gasteiger partial charge is 0.573 e. The first-order valence-corrected chi connectivity index (χ1v) is 15.8. The highest BCUT2D eigenvalue weighted by atomic mass is 32.2. The number of amides is 2. The molecule has 2 heterocycles. The Morgan fingerprint density at radius 3 is 2.47 bits per heavy atom. The van der Waals surface area contributed by atoms with E-state index in [1.165, 1.54) is 46.4 Å². The fourth-order valence-corrected chi connectivity index (χ4v) is 6.67. The zero-order valence-electron chi connectivity index (χ0n) is 25.1. The predicted octanol–water partition coefficient (Wildman–Crippen LogP) is 7.96. The average molecular weight is 635 g/mol. The van der Waals surface area contributed by atoms with Crippen molar-refractivity contribution in [2.24, 2.45) is 4.99 Å². The zero-order valence-corrected chi connectivity index (χ0v) is 26.0. The number of amidine groups is 1. The molecule has 0 atom stereocenters. The molecule has 8 nitrogen and oxygen atoms in total. The molecule has 1 N–H and O–H groups in total. The van der Waals surface area contributed by atoms with E-state index in [1.807, 2.05) is 24.3 Å². The molecular formula is C33H33F3N6O2S. The van der Waals surface area contributed by atoms with Crippen LogP contribution in [0.3, 0.4) is 0 Å². The van der Waals surface area contributed by atoms with Gasteiger partial charge in [0.15, 0.2) is 11.0 Å². The number of hydrogen-bond acceptors (Lipinski definition) is 5. The Morgan fingerprint density at radius 1 is 1.07 bits per heavy atom. The monoisotopic (exact) mass is 634 g/mol. The van der Waals surface area contributed by atoms with Gasteiger partial charge in [-0.1, -0.05) is 62.0 Å². The number of alkyl halides is 3. The van der Waals surface area contributed by atoms with Gasteiger partial charge in [0.05, 0.1) is 11.2 Å². The van der Waals surface area contributed by atoms with Crippen molar-refractivity contribution < 1.29 is 22.7 Å². The van der Waals surface area contributed by atoms with Gasteiger partial charge in [0, 0.05) is 23.5 Å². The van der Waals surface area contributed by atoms with Crippen molar-refractivity contribution in [1.29, 1.82) is 0 Å². The van der Waals surface area contributed by atoms with Gasteiger partial charge in [-0.05, 0) is 79.1 Å². The van der Waals surface area contributed by atoms with Crippen molar-refractivity contribution in [2.75, 3.05) is 17.2 Å². The van der Waals surface area contributed by atoms with E-state index in [4.69, 9.17) is 0 Å². The molecule has 0 bridgehead atoms. The van der Waals surface area contributed by atoms with Gasteiger partial charge < -0.3 is 15.0 Å². The summed E-state index contributed by atoms with van der Waals surface area (Å²) in [5.74, 6) is 1.41. The van der Waals surface area contributed by atoms with Crippen LogP contribution in [0.5, 0.6) is 5.75 Å². The minimum Gasteiger partial charge on any atom is -0.406 e. The minimum absolute atomic E-state index is 0.309. The molecule has 0 spiro atoms. The lowest BCUT2D eigenvalue weighted by molar-refractivity contribution is -0.274. The maximum atomic E-state index is 13.3. The highest BCUT2D eigenvalue weighted by Gasteiger charge is 2.46. The Kier molecular flexibility index (Phi) is 8.34. The van der Waals surface area contributed by atoms with Gasteiger partial charge in [0.25, 0.3) is 0 Å². The van der Waals surface area contributed by atoms with Crippen LogP contribution in [0.4, 0.5) is 23.7 Å². The van der Waals surface area contributed by atoms with Gasteiger partial charge in [-0.15, -0.1) is 18.3 Å². The van der Waals surface area contributed by atoms with Crippen LogP contribution in [0.2, 0.25) is 0 Å². The molecule has 6 rings (SSSR count). The molecule has 45 heavy (non-hydrogen) atoms. The first-order chi connectivity index (χ1) is 21.5. The van der Waals surface area contributed by atoms with Gasteiger partial charge in [-0.2, -0.15) is 4.99 Å². The summed E-state index contributed by atoms with van der Waals surface area (Å²) < 4.78 is 42.8. The van der Waals surface area contributed by atoms with Crippen molar-refractivity contribution in [3.05, 3.63) is 89.7 Å². The lowest BCUT2D eigenvalue weighted by Gasteiger charge is -2.32. The fourth-order valence-electron chi connectivity index (χ4n) is 5.72. The van der Waals surface area contributed by atoms with Crippen LogP contribution >= 0.6 is 11.8 Å². The highest BCUT2D eigenvalue weighted by molar-refractivity contribution is 8.14. The van der Waals surface area contributed by atoms with E-state index in [0.29, 0.717) is 17.4 Å². The molecule has 2 amide bonds. The van der Waals surface area contributed by atoms with Crippen molar-refractivity contribution in [2.45, 2.75) is 57.9 Å². The average Bonchev–Trinajstić information content (AvgIpc) is 3.60. The van der Waals surface area contributed by atoms with Gasteiger partial charge in [0.1, 0.15) is 12.1 Å². The molecule has 1 saturated heterocycles. The molecular weight excluding hydrogens is 601 g/mol. The smallest absolute Gasteiger partial charge is 0.406 e. The molecule has 1 aliphatic carbocycles. The third kappa shape index (κ3) is 6.85. The first kappa shape index (κ1) is 30.7. The topological polar surface area (TPSA) is 84.6 Å². The van der Waals surface area contributed by atoms with Crippen molar-refractivity contribution >= 4 is 28.6 Å². The number of carbonyl (C=O) groups excluding carboxylic acids is 1. The van der Waals surface area contributed by atoms with Crippen LogP contribution in [-0.4, -0.2) is 44.6 Å². The molecule has 3 aromatic carbocycles. The standard InChI is InChI=1S/C33H33F3N6O2S/c1-21(2)28-22(3)6-4-7-27(28)41-18-5-19-45-31(41)38-30(43)39-32(16-17-32)24-10-8-23(9-11-24)29-37-20-42(40-29)25-12-14-26(15-13-25)44-33(34,35)36/h4,6-15,20-21H,5,16-19H2,1-3H3,(H,39,43). The number of carbonyl (C=O) groups is 1. The zero-order chi connectivity index (χ0) is 31.8. The van der Waals surface area contributed by atoms with Crippen molar-refractivity contribution in [1.82, 2.24) is 20.1 Å². The second kappa shape index (κ2) is 12.2. The summed E-state index contributed by atoms with van der Waals surface area (Å²) in [5, 5.41) is 8.37. The Bertz CT molecular complexity index is 1710. The van der Waals surface area contributed by atoms with Gasteiger partial charge >= 0.3 is 12.4 Å². The number of rotatable bonds is 7. The molecule has 0 unspecified atom stereocenters. The van der Waals surface area contributed by atoms with E-state index in [2.05, 4.69) is 69.0 Å². The van der Waals surface area contributed by atoms with Crippen LogP contribution in [0, 0.1) is 6.92 Å². The van der Waals surface area contributed by atoms with Crippen LogP contribution in [0.25, 0.3) is 17.1 Å². The summed E-state index contributed by atoms with van der Waals surface area (Å²) in [6.07, 6.45) is -0.605. The lowest BCUT2D eigenvalue weighted by atomic mass is 9.95. The minimum atomic E-state index is -4.75. The van der Waals surface area contributed by atoms with E-state index in [0.717, 1.165) is 53.5 Å². The maximum Gasteiger partial charge on any atom is 0.573 e. The summed E-state index contributed by atoms with van der Waals surface area (Å²) in [6.45, 7) is 7.32. The second-order valence-corrected chi connectivity index (χ2v) is 12.6. The van der Waals surface area contributed by atoms with Gasteiger partial charge in [-0.25, -0.2) is 14.5 Å². The fraction of sp³-hybridized carbons (Fsp3) is 0.333. The van der Waals surface area contributed by atoms with Crippen LogP contribution < -0.4 is 15.0 Å². The van der Waals surface area contributed by atoms with Crippen LogP contribution in [0.1, 0.15) is 55.7 Å². The normalized spacial score (nSPS) is 17.0. The number of hydrogen-bond donors (Lipinski definition) is 1. The Labute approximate surface area is 263 Å². The number of aryl methyl sites for hydroxylation is 1. The number of aliphatic imine (C=N–C) groups is 1. The van der Waals surface area contributed by atoms with E-state index in [9.17, 15) is 18.0 Å². The maximum absolute atomic E-state index is 13.3. The van der Waals surface area contributed by atoms with Crippen LogP contribution in [-0.2, 0) is 5.54 Å². The number of urea groups is 1. The molecule has 234 valence electrons. The van der Waals surface area contributed by atoms with Gasteiger partial charge in [-0.3, -0.25) is 0 Å². The van der Waals surface area contributed by atoms with E-state index >= 15 is 0 Å². The van der Waals surface area contributed by atoms with E-state index in [1.54, 1.807) is 11.8 Å². The number of aromatic nitrogens is 3. The van der Waals surface area contributed by atoms with Gasteiger partial charge in [0.2, 0.25) is 0 Å². The van der Waals surface area contributed by atoms with E-state index in [-0.39, 0.29) is 11.8 Å². The third-order valence-corrected chi connectivity index (χ3v) is 9.04. The number of benzene rings is 3. The SMILES string of the molecule is Cc1cccc(N2CCCSC2=NC(=O)NC2(c3ccc(-c4ncn(-c5ccc(OC(F)(F)F)cc5)n4)cc3)CC2)c1C(C)C. The quantitative estimate of drug-likeness (QED) is 0.222. The second-order valence-electron chi connectivity index (χ2n) is 11.6. The molecule has 0 radical (unpaired) electrons. The number of nitrogens with one attached hydrogen (secondary N) is 1. The predicted molar refractivity (Wildman–Crippen MR) is 170 cm³/mol. The molecule has 1 saturated carbocycles. The number of ether oxygens (including phenoxy) is 1. The number of nitrogens with zero attached hydrogens (tertiary/aromatic N) is 5. The molecule has 2 aliphatic rings. The Morgan fingerprint density at radius 2 is 1.80 bits per heavy atom. The summed E-state index contributed by atoms with van der Waals surface area (Å²) in [5.41, 5.74) is 5.45. The number of anilines is 1. The number of halogens is 3. The van der Waals surface area contributed by atoms with Crippen LogP contribution in [0.15, 0.2) is 78.0 Å². The lowest BCUT2D eigenvalue weighted by Crippen LogP contribution is -2.38. The summed E-state index contributed by atoms with van der Waals surface area (Å²) in [6, 6.07) is 19.1. The summed E-state index contributed by atoms with van der Waals surface area (Å²) in [7, 11) is 0. The van der Waals surface area contributed by atoms with E-state index < -0.39 is 11.9 Å². The Balaban J connectivity index is 1.15. The molecule has 4 aromatic rings. The molecule has 1 aromatic heterocycles. The third-order valence-electron chi connectivity index (χ3n) is 7.97. The molecule has 2 fully saturated rings. The number of thioether (sulfide) groups is 1. The molecule has 12 heteroatoms.